The molecule has 0 aliphatic rings. The maximum atomic E-state index is 11.3. The molecule has 1 atom stereocenters. The van der Waals surface area contributed by atoms with Crippen LogP contribution in [-0.4, -0.2) is 24.3 Å². The Morgan fingerprint density at radius 1 is 1.31 bits per heavy atom. The highest BCUT2D eigenvalue weighted by Gasteiger charge is 2.11. The number of nitrogens with one attached hydrogen (secondary N) is 1. The molecule has 0 fully saturated rings. The lowest BCUT2D eigenvalue weighted by atomic mass is 10.2. The molecule has 0 aliphatic heterocycles. The summed E-state index contributed by atoms with van der Waals surface area (Å²) in [6.45, 7) is 2.99. The zero-order valence-corrected chi connectivity index (χ0v) is 9.40. The first-order chi connectivity index (χ1) is 7.59. The summed E-state index contributed by atoms with van der Waals surface area (Å²) in [6, 6.07) is 8.58. The second-order valence-corrected chi connectivity index (χ2v) is 3.50. The number of ether oxygens (including phenoxy) is 1. The van der Waals surface area contributed by atoms with Gasteiger partial charge in [0.25, 0.3) is 5.91 Å². The highest BCUT2D eigenvalue weighted by atomic mass is 16.5. The van der Waals surface area contributed by atoms with Crippen molar-refractivity contribution in [3.05, 3.63) is 30.3 Å². The van der Waals surface area contributed by atoms with Gasteiger partial charge in [0.1, 0.15) is 5.75 Å². The number of benzene rings is 1. The van der Waals surface area contributed by atoms with Crippen LogP contribution in [0.25, 0.3) is 0 Å². The van der Waals surface area contributed by atoms with Crippen molar-refractivity contribution in [2.24, 2.45) is 0 Å². The number of para-hydroxylation sites is 1. The summed E-state index contributed by atoms with van der Waals surface area (Å²) in [4.78, 5) is 22.2. The first-order valence-electron chi connectivity index (χ1n) is 5.07. The first kappa shape index (κ1) is 12.2. The lowest BCUT2D eigenvalue weighted by Gasteiger charge is -2.11. The number of rotatable bonds is 5. The minimum absolute atomic E-state index is 0.0759. The molecule has 1 amide bonds. The number of carbonyl (C=O) groups excluding carboxylic acids is 2. The van der Waals surface area contributed by atoms with E-state index in [2.05, 4.69) is 5.32 Å². The normalized spacial score (nSPS) is 11.6. The zero-order chi connectivity index (χ0) is 12.0. The highest BCUT2D eigenvalue weighted by Crippen LogP contribution is 2.07. The Bertz CT molecular complexity index is 362. The van der Waals surface area contributed by atoms with Crippen molar-refractivity contribution in [3.63, 3.8) is 0 Å². The predicted octanol–water partition coefficient (Wildman–Crippen LogP) is 1.16. The van der Waals surface area contributed by atoms with E-state index in [1.165, 1.54) is 6.92 Å². The van der Waals surface area contributed by atoms with Crippen LogP contribution in [0.4, 0.5) is 0 Å². The van der Waals surface area contributed by atoms with E-state index in [0.29, 0.717) is 5.75 Å². The van der Waals surface area contributed by atoms with E-state index in [-0.39, 0.29) is 18.3 Å². The van der Waals surface area contributed by atoms with Gasteiger partial charge in [-0.05, 0) is 26.0 Å². The average molecular weight is 221 g/mol. The topological polar surface area (TPSA) is 55.4 Å². The Kier molecular flexibility index (Phi) is 4.51. The quantitative estimate of drug-likeness (QED) is 0.811. The van der Waals surface area contributed by atoms with Crippen LogP contribution in [0.3, 0.4) is 0 Å². The van der Waals surface area contributed by atoms with Gasteiger partial charge in [0, 0.05) is 0 Å². The maximum absolute atomic E-state index is 11.3. The van der Waals surface area contributed by atoms with Crippen LogP contribution < -0.4 is 10.1 Å². The van der Waals surface area contributed by atoms with Gasteiger partial charge in [-0.1, -0.05) is 18.2 Å². The van der Waals surface area contributed by atoms with Crippen LogP contribution in [0.2, 0.25) is 0 Å². The van der Waals surface area contributed by atoms with Crippen molar-refractivity contribution in [1.29, 1.82) is 0 Å². The molecule has 86 valence electrons. The van der Waals surface area contributed by atoms with E-state index in [4.69, 9.17) is 4.74 Å². The van der Waals surface area contributed by atoms with Gasteiger partial charge < -0.3 is 10.1 Å². The summed E-state index contributed by atoms with van der Waals surface area (Å²) < 4.78 is 5.23. The van der Waals surface area contributed by atoms with E-state index in [9.17, 15) is 9.59 Å². The van der Waals surface area contributed by atoms with Crippen LogP contribution in [0.1, 0.15) is 13.8 Å². The van der Waals surface area contributed by atoms with Crippen molar-refractivity contribution in [2.45, 2.75) is 19.9 Å². The molecule has 1 aromatic rings. The molecular formula is C12H15NO3. The average Bonchev–Trinajstić information content (AvgIpc) is 2.27. The van der Waals surface area contributed by atoms with Crippen molar-refractivity contribution >= 4 is 11.7 Å². The number of hydrogen-bond acceptors (Lipinski definition) is 3. The summed E-state index contributed by atoms with van der Waals surface area (Å²) in [5.74, 6) is 0.257. The van der Waals surface area contributed by atoms with Gasteiger partial charge in [-0.15, -0.1) is 0 Å². The second-order valence-electron chi connectivity index (χ2n) is 3.50. The van der Waals surface area contributed by atoms with Gasteiger partial charge in [-0.25, -0.2) is 0 Å². The number of hydrogen-bond donors (Lipinski definition) is 1. The molecule has 1 N–H and O–H groups in total. The van der Waals surface area contributed by atoms with E-state index in [0.717, 1.165) is 0 Å². The van der Waals surface area contributed by atoms with Crippen molar-refractivity contribution in [2.75, 3.05) is 6.61 Å². The third-order valence-electron chi connectivity index (χ3n) is 2.10. The molecular weight excluding hydrogens is 206 g/mol. The SMILES string of the molecule is CC(=O)C(C)NC(=O)COc1ccccc1. The van der Waals surface area contributed by atoms with E-state index < -0.39 is 6.04 Å². The number of ketones is 1. The fraction of sp³-hybridized carbons (Fsp3) is 0.333. The molecule has 1 rings (SSSR count). The predicted molar refractivity (Wildman–Crippen MR) is 60.2 cm³/mol. The molecule has 0 radical (unpaired) electrons. The summed E-state index contributed by atoms with van der Waals surface area (Å²) >= 11 is 0. The third kappa shape index (κ3) is 4.13. The van der Waals surface area contributed by atoms with Gasteiger partial charge in [0.2, 0.25) is 0 Å². The number of amides is 1. The van der Waals surface area contributed by atoms with Crippen molar-refractivity contribution in [3.8, 4) is 5.75 Å². The summed E-state index contributed by atoms with van der Waals surface area (Å²) in [5, 5.41) is 2.54. The van der Waals surface area contributed by atoms with Gasteiger partial charge in [0.15, 0.2) is 12.4 Å². The Morgan fingerprint density at radius 3 is 2.50 bits per heavy atom. The molecule has 0 heterocycles. The molecule has 0 aromatic heterocycles. The minimum Gasteiger partial charge on any atom is -0.484 e. The molecule has 0 saturated heterocycles. The molecule has 4 nitrogen and oxygen atoms in total. The van der Waals surface area contributed by atoms with Crippen LogP contribution in [-0.2, 0) is 9.59 Å². The molecule has 1 aromatic carbocycles. The summed E-state index contributed by atoms with van der Waals surface area (Å²) in [6.07, 6.45) is 0. The van der Waals surface area contributed by atoms with Crippen LogP contribution in [0, 0.1) is 0 Å². The summed E-state index contributed by atoms with van der Waals surface area (Å²) in [7, 11) is 0. The Hall–Kier alpha value is -1.84. The van der Waals surface area contributed by atoms with E-state index >= 15 is 0 Å². The van der Waals surface area contributed by atoms with Gasteiger partial charge in [0.05, 0.1) is 6.04 Å². The standard InChI is InChI=1S/C12H15NO3/c1-9(10(2)14)13-12(15)8-16-11-6-4-3-5-7-11/h3-7,9H,8H2,1-2H3,(H,13,15). The van der Waals surface area contributed by atoms with E-state index in [1.54, 1.807) is 19.1 Å². The van der Waals surface area contributed by atoms with Crippen LogP contribution >= 0.6 is 0 Å². The van der Waals surface area contributed by atoms with Gasteiger partial charge >= 0.3 is 0 Å². The molecule has 0 saturated carbocycles. The molecule has 0 spiro atoms. The molecule has 0 aliphatic carbocycles. The Labute approximate surface area is 94.6 Å². The smallest absolute Gasteiger partial charge is 0.258 e. The molecule has 0 bridgehead atoms. The molecule has 1 unspecified atom stereocenters. The molecule has 4 heteroatoms. The fourth-order valence-corrected chi connectivity index (χ4v) is 1.05. The number of Topliss-reactive ketones (excluding diaryl/α,β-unsaturated/α-hetero) is 1. The summed E-state index contributed by atoms with van der Waals surface area (Å²) in [5.41, 5.74) is 0. The van der Waals surface area contributed by atoms with Crippen LogP contribution in [0.15, 0.2) is 30.3 Å². The van der Waals surface area contributed by atoms with Gasteiger partial charge in [-0.2, -0.15) is 0 Å². The van der Waals surface area contributed by atoms with Crippen molar-refractivity contribution < 1.29 is 14.3 Å². The van der Waals surface area contributed by atoms with Gasteiger partial charge in [-0.3, -0.25) is 9.59 Å². The highest BCUT2D eigenvalue weighted by molar-refractivity contribution is 5.87. The Balaban J connectivity index is 2.33. The third-order valence-corrected chi connectivity index (χ3v) is 2.10. The van der Waals surface area contributed by atoms with Crippen LogP contribution in [0.5, 0.6) is 5.75 Å². The minimum atomic E-state index is -0.466. The van der Waals surface area contributed by atoms with E-state index in [1.807, 2.05) is 18.2 Å². The number of carbonyl (C=O) groups is 2. The lowest BCUT2D eigenvalue weighted by molar-refractivity contribution is -0.127. The second kappa shape index (κ2) is 5.90. The lowest BCUT2D eigenvalue weighted by Crippen LogP contribution is -2.39. The Morgan fingerprint density at radius 2 is 1.94 bits per heavy atom. The first-order valence-corrected chi connectivity index (χ1v) is 5.07. The largest absolute Gasteiger partial charge is 0.484 e. The molecule has 16 heavy (non-hydrogen) atoms. The van der Waals surface area contributed by atoms with Crippen molar-refractivity contribution in [1.82, 2.24) is 5.32 Å². The monoisotopic (exact) mass is 221 g/mol. The maximum Gasteiger partial charge on any atom is 0.258 e. The zero-order valence-electron chi connectivity index (χ0n) is 9.40. The fourth-order valence-electron chi connectivity index (χ4n) is 1.05.